The van der Waals surface area contributed by atoms with Gasteiger partial charge in [-0.3, -0.25) is 0 Å². The molecule has 1 fully saturated rings. The van der Waals surface area contributed by atoms with Crippen LogP contribution in [0.25, 0.3) is 11.3 Å². The summed E-state index contributed by atoms with van der Waals surface area (Å²) in [6, 6.07) is 14.0. The standard InChI is InChI=1S/C24H27FIN5/c1-16-15-27-24(29-23(16)17-4-9-21(25)22(26)14-17)28-18-5-7-19(8-6-18)31(3)20-10-12-30(2)13-11-20/h4-9,14-15,20H,10-13H2,1-3H3,(H,27,28,29). The van der Waals surface area contributed by atoms with E-state index in [1.807, 2.05) is 35.6 Å². The zero-order valence-electron chi connectivity index (χ0n) is 18.1. The maximum Gasteiger partial charge on any atom is 0.227 e. The first kappa shape index (κ1) is 22.0. The predicted molar refractivity (Wildman–Crippen MR) is 134 cm³/mol. The largest absolute Gasteiger partial charge is 0.372 e. The van der Waals surface area contributed by atoms with E-state index in [0.717, 1.165) is 35.6 Å². The van der Waals surface area contributed by atoms with Crippen molar-refractivity contribution in [2.75, 3.05) is 37.4 Å². The van der Waals surface area contributed by atoms with Gasteiger partial charge in [0.2, 0.25) is 5.95 Å². The van der Waals surface area contributed by atoms with Crippen LogP contribution in [-0.4, -0.2) is 48.1 Å². The number of hydrogen-bond acceptors (Lipinski definition) is 5. The Balaban J connectivity index is 1.48. The summed E-state index contributed by atoms with van der Waals surface area (Å²) in [4.78, 5) is 13.9. The van der Waals surface area contributed by atoms with E-state index in [0.29, 0.717) is 15.6 Å². The van der Waals surface area contributed by atoms with Gasteiger partial charge in [0, 0.05) is 39.8 Å². The normalized spacial score (nSPS) is 15.1. The quantitative estimate of drug-likeness (QED) is 0.443. The molecular formula is C24H27FIN5. The molecule has 1 aliphatic rings. The number of aromatic nitrogens is 2. The summed E-state index contributed by atoms with van der Waals surface area (Å²) < 4.78 is 14.2. The van der Waals surface area contributed by atoms with Crippen molar-refractivity contribution in [3.63, 3.8) is 0 Å². The minimum absolute atomic E-state index is 0.222. The van der Waals surface area contributed by atoms with Crippen molar-refractivity contribution >= 4 is 39.9 Å². The van der Waals surface area contributed by atoms with Gasteiger partial charge in [0.1, 0.15) is 5.82 Å². The molecule has 0 radical (unpaired) electrons. The number of nitrogens with zero attached hydrogens (tertiary/aromatic N) is 4. The third-order valence-corrected chi connectivity index (χ3v) is 6.76. The second kappa shape index (κ2) is 9.48. The van der Waals surface area contributed by atoms with Gasteiger partial charge in [0.05, 0.1) is 5.69 Å². The molecule has 1 aromatic heterocycles. The molecule has 1 aliphatic heterocycles. The van der Waals surface area contributed by atoms with Crippen LogP contribution in [0.1, 0.15) is 18.4 Å². The van der Waals surface area contributed by atoms with E-state index in [9.17, 15) is 4.39 Å². The van der Waals surface area contributed by atoms with Crippen LogP contribution in [0.15, 0.2) is 48.7 Å². The van der Waals surface area contributed by atoms with E-state index in [4.69, 9.17) is 0 Å². The number of piperidine rings is 1. The van der Waals surface area contributed by atoms with Crippen molar-refractivity contribution in [2.24, 2.45) is 0 Å². The lowest BCUT2D eigenvalue weighted by atomic mass is 10.0. The van der Waals surface area contributed by atoms with Crippen LogP contribution < -0.4 is 10.2 Å². The van der Waals surface area contributed by atoms with Gasteiger partial charge >= 0.3 is 0 Å². The highest BCUT2D eigenvalue weighted by atomic mass is 127. The third kappa shape index (κ3) is 5.15. The molecule has 3 aromatic rings. The Bertz CT molecular complexity index is 1050. The number of rotatable bonds is 5. The molecule has 0 amide bonds. The average Bonchev–Trinajstić information content (AvgIpc) is 2.78. The van der Waals surface area contributed by atoms with Gasteiger partial charge < -0.3 is 15.1 Å². The van der Waals surface area contributed by atoms with Crippen molar-refractivity contribution in [3.8, 4) is 11.3 Å². The van der Waals surface area contributed by atoms with Crippen molar-refractivity contribution in [1.82, 2.24) is 14.9 Å². The van der Waals surface area contributed by atoms with E-state index in [1.165, 1.54) is 24.6 Å². The second-order valence-electron chi connectivity index (χ2n) is 8.17. The van der Waals surface area contributed by atoms with Crippen LogP contribution in [0.2, 0.25) is 0 Å². The zero-order valence-corrected chi connectivity index (χ0v) is 20.2. The van der Waals surface area contributed by atoms with Gasteiger partial charge in [-0.25, -0.2) is 14.4 Å². The lowest BCUT2D eigenvalue weighted by molar-refractivity contribution is 0.253. The number of nitrogens with one attached hydrogen (secondary N) is 1. The lowest BCUT2D eigenvalue weighted by Gasteiger charge is -2.36. The molecule has 2 heterocycles. The molecule has 0 atom stereocenters. The molecule has 7 heteroatoms. The maximum atomic E-state index is 13.6. The van der Waals surface area contributed by atoms with Gasteiger partial charge in [-0.05, 0) is 111 Å². The summed E-state index contributed by atoms with van der Waals surface area (Å²) in [5, 5.41) is 3.30. The van der Waals surface area contributed by atoms with Crippen molar-refractivity contribution in [3.05, 3.63) is 63.6 Å². The van der Waals surface area contributed by atoms with Crippen molar-refractivity contribution in [1.29, 1.82) is 0 Å². The van der Waals surface area contributed by atoms with Crippen LogP contribution in [0, 0.1) is 16.3 Å². The first-order chi connectivity index (χ1) is 14.9. The molecule has 162 valence electrons. The molecule has 1 N–H and O–H groups in total. The summed E-state index contributed by atoms with van der Waals surface area (Å²) in [5.74, 6) is 0.302. The molecule has 31 heavy (non-hydrogen) atoms. The van der Waals surface area contributed by atoms with Crippen LogP contribution in [-0.2, 0) is 0 Å². The first-order valence-corrected chi connectivity index (χ1v) is 11.6. The molecule has 0 aliphatic carbocycles. The Morgan fingerprint density at radius 3 is 2.52 bits per heavy atom. The summed E-state index contributed by atoms with van der Waals surface area (Å²) in [7, 11) is 4.37. The second-order valence-corrected chi connectivity index (χ2v) is 9.33. The van der Waals surface area contributed by atoms with Crippen LogP contribution in [0.3, 0.4) is 0 Å². The average molecular weight is 531 g/mol. The number of anilines is 3. The molecule has 0 saturated carbocycles. The monoisotopic (exact) mass is 531 g/mol. The highest BCUT2D eigenvalue weighted by molar-refractivity contribution is 14.1. The fraction of sp³-hybridized carbons (Fsp3) is 0.333. The smallest absolute Gasteiger partial charge is 0.227 e. The Hall–Kier alpha value is -2.26. The highest BCUT2D eigenvalue weighted by Gasteiger charge is 2.20. The van der Waals surface area contributed by atoms with E-state index in [-0.39, 0.29) is 5.82 Å². The fourth-order valence-corrected chi connectivity index (χ4v) is 4.46. The summed E-state index contributed by atoms with van der Waals surface area (Å²) in [6.45, 7) is 4.26. The number of benzene rings is 2. The van der Waals surface area contributed by atoms with Crippen molar-refractivity contribution < 1.29 is 4.39 Å². The summed E-state index contributed by atoms with van der Waals surface area (Å²) in [5.41, 5.74) is 4.77. The van der Waals surface area contributed by atoms with Gasteiger partial charge in [0.25, 0.3) is 0 Å². The molecule has 0 bridgehead atoms. The molecule has 5 nitrogen and oxygen atoms in total. The van der Waals surface area contributed by atoms with Crippen LogP contribution >= 0.6 is 22.6 Å². The van der Waals surface area contributed by atoms with Gasteiger partial charge in [-0.1, -0.05) is 0 Å². The summed E-state index contributed by atoms with van der Waals surface area (Å²) in [6.07, 6.45) is 4.17. The predicted octanol–water partition coefficient (Wildman–Crippen LogP) is 5.47. The highest BCUT2D eigenvalue weighted by Crippen LogP contribution is 2.27. The zero-order chi connectivity index (χ0) is 22.0. The Labute approximate surface area is 196 Å². The SMILES string of the molecule is Cc1cnc(Nc2ccc(N(C)C3CCN(C)CC3)cc2)nc1-c1ccc(F)c(I)c1. The Kier molecular flexibility index (Phi) is 6.71. The molecule has 4 rings (SSSR count). The minimum atomic E-state index is -0.222. The van der Waals surface area contributed by atoms with E-state index < -0.39 is 0 Å². The number of likely N-dealkylation sites (tertiary alicyclic amines) is 1. The minimum Gasteiger partial charge on any atom is -0.372 e. The molecule has 1 saturated heterocycles. The number of aryl methyl sites for hydroxylation is 1. The van der Waals surface area contributed by atoms with Gasteiger partial charge in [-0.2, -0.15) is 0 Å². The Morgan fingerprint density at radius 2 is 1.84 bits per heavy atom. The maximum absolute atomic E-state index is 13.6. The molecule has 2 aromatic carbocycles. The van der Waals surface area contributed by atoms with Gasteiger partial charge in [-0.15, -0.1) is 0 Å². The summed E-state index contributed by atoms with van der Waals surface area (Å²) >= 11 is 2.00. The molecular weight excluding hydrogens is 504 g/mol. The van der Waals surface area contributed by atoms with Crippen molar-refractivity contribution in [2.45, 2.75) is 25.8 Å². The first-order valence-electron chi connectivity index (χ1n) is 10.5. The lowest BCUT2D eigenvalue weighted by Crippen LogP contribution is -2.41. The topological polar surface area (TPSA) is 44.3 Å². The number of hydrogen-bond donors (Lipinski definition) is 1. The third-order valence-electron chi connectivity index (χ3n) is 5.93. The van der Waals surface area contributed by atoms with E-state index in [2.05, 4.69) is 63.4 Å². The number of halogens is 2. The molecule has 0 unspecified atom stereocenters. The Morgan fingerprint density at radius 1 is 1.13 bits per heavy atom. The van der Waals surface area contributed by atoms with E-state index in [1.54, 1.807) is 12.3 Å². The molecule has 0 spiro atoms. The fourth-order valence-electron chi connectivity index (χ4n) is 3.94. The van der Waals surface area contributed by atoms with Crippen LogP contribution in [0.5, 0.6) is 0 Å². The van der Waals surface area contributed by atoms with Gasteiger partial charge in [0.15, 0.2) is 0 Å². The van der Waals surface area contributed by atoms with E-state index >= 15 is 0 Å². The van der Waals surface area contributed by atoms with Crippen LogP contribution in [0.4, 0.5) is 21.7 Å².